The van der Waals surface area contributed by atoms with Crippen LogP contribution in [-0.2, 0) is 10.0 Å². The van der Waals surface area contributed by atoms with Gasteiger partial charge in [-0.25, -0.2) is 13.1 Å². The summed E-state index contributed by atoms with van der Waals surface area (Å²) in [5, 5.41) is 2.69. The highest BCUT2D eigenvalue weighted by molar-refractivity contribution is 7.89. The van der Waals surface area contributed by atoms with E-state index in [4.69, 9.17) is 4.74 Å². The Hall–Kier alpha value is -2.38. The topological polar surface area (TPSA) is 84.5 Å². The van der Waals surface area contributed by atoms with Crippen LogP contribution in [0.15, 0.2) is 53.4 Å². The highest BCUT2D eigenvalue weighted by atomic mass is 32.2. The fourth-order valence-corrected chi connectivity index (χ4v) is 3.25. The molecule has 6 nitrogen and oxygen atoms in total. The largest absolute Gasteiger partial charge is 0.494 e. The van der Waals surface area contributed by atoms with Crippen molar-refractivity contribution >= 4 is 15.9 Å². The van der Waals surface area contributed by atoms with Gasteiger partial charge in [-0.15, -0.1) is 0 Å². The minimum Gasteiger partial charge on any atom is -0.494 e. The van der Waals surface area contributed by atoms with Crippen LogP contribution in [0.25, 0.3) is 0 Å². The zero-order chi connectivity index (χ0) is 18.3. The Balaban J connectivity index is 1.84. The second kappa shape index (κ2) is 8.64. The molecule has 0 saturated heterocycles. The normalized spacial score (nSPS) is 11.1. The number of ether oxygens (including phenoxy) is 1. The van der Waals surface area contributed by atoms with E-state index in [1.54, 1.807) is 30.3 Å². The summed E-state index contributed by atoms with van der Waals surface area (Å²) in [5.74, 6) is 0.385. The van der Waals surface area contributed by atoms with E-state index in [1.165, 1.54) is 12.1 Å². The molecule has 0 atom stereocenters. The van der Waals surface area contributed by atoms with Gasteiger partial charge in [0.1, 0.15) is 5.75 Å². The zero-order valence-corrected chi connectivity index (χ0v) is 15.1. The second-order valence-electron chi connectivity index (χ2n) is 5.43. The predicted octanol–water partition coefficient (Wildman–Crippen LogP) is 2.10. The lowest BCUT2D eigenvalue weighted by Crippen LogP contribution is -2.34. The molecule has 0 aromatic heterocycles. The average molecular weight is 362 g/mol. The van der Waals surface area contributed by atoms with E-state index in [-0.39, 0.29) is 23.9 Å². The molecule has 2 aromatic carbocycles. The molecule has 7 heteroatoms. The maximum absolute atomic E-state index is 12.2. The summed E-state index contributed by atoms with van der Waals surface area (Å²) >= 11 is 0. The third kappa shape index (κ3) is 5.58. The van der Waals surface area contributed by atoms with Crippen molar-refractivity contribution in [3.05, 3.63) is 59.7 Å². The van der Waals surface area contributed by atoms with Crippen molar-refractivity contribution in [2.24, 2.45) is 0 Å². The van der Waals surface area contributed by atoms with Gasteiger partial charge in [0.25, 0.3) is 5.91 Å². The van der Waals surface area contributed by atoms with Crippen molar-refractivity contribution in [3.8, 4) is 5.75 Å². The molecule has 0 fully saturated rings. The van der Waals surface area contributed by atoms with Gasteiger partial charge in [-0.3, -0.25) is 4.79 Å². The number of benzene rings is 2. The zero-order valence-electron chi connectivity index (χ0n) is 14.3. The van der Waals surface area contributed by atoms with Crippen molar-refractivity contribution in [1.82, 2.24) is 10.0 Å². The maximum Gasteiger partial charge on any atom is 0.251 e. The van der Waals surface area contributed by atoms with Gasteiger partial charge >= 0.3 is 0 Å². The van der Waals surface area contributed by atoms with Gasteiger partial charge in [0.15, 0.2) is 0 Å². The van der Waals surface area contributed by atoms with Crippen LogP contribution >= 0.6 is 0 Å². The van der Waals surface area contributed by atoms with Gasteiger partial charge in [0.2, 0.25) is 10.0 Å². The van der Waals surface area contributed by atoms with Crippen LogP contribution < -0.4 is 14.8 Å². The fraction of sp³-hybridized carbons (Fsp3) is 0.278. The lowest BCUT2D eigenvalue weighted by Gasteiger charge is -2.09. The second-order valence-corrected chi connectivity index (χ2v) is 7.19. The van der Waals surface area contributed by atoms with Gasteiger partial charge in [0, 0.05) is 18.7 Å². The number of carbonyl (C=O) groups is 1. The van der Waals surface area contributed by atoms with E-state index in [2.05, 4.69) is 10.0 Å². The highest BCUT2D eigenvalue weighted by Gasteiger charge is 2.13. The van der Waals surface area contributed by atoms with Crippen LogP contribution in [-0.4, -0.2) is 34.0 Å². The Labute approximate surface area is 148 Å². The molecule has 0 bridgehead atoms. The van der Waals surface area contributed by atoms with Crippen LogP contribution in [0, 0.1) is 6.92 Å². The van der Waals surface area contributed by atoms with Crippen molar-refractivity contribution in [3.63, 3.8) is 0 Å². The van der Waals surface area contributed by atoms with Crippen LogP contribution in [0.3, 0.4) is 0 Å². The summed E-state index contributed by atoms with van der Waals surface area (Å²) < 4.78 is 32.1. The minimum absolute atomic E-state index is 0.104. The molecular weight excluding hydrogens is 340 g/mol. The molecule has 0 aliphatic carbocycles. The number of carbonyl (C=O) groups excluding carboxylic acids is 1. The third-order valence-corrected chi connectivity index (χ3v) is 4.90. The molecule has 0 radical (unpaired) electrons. The van der Waals surface area contributed by atoms with Crippen molar-refractivity contribution < 1.29 is 17.9 Å². The molecule has 25 heavy (non-hydrogen) atoms. The predicted molar refractivity (Wildman–Crippen MR) is 96.3 cm³/mol. The molecular formula is C18H22N2O4S. The molecule has 2 aromatic rings. The molecule has 134 valence electrons. The first-order valence-corrected chi connectivity index (χ1v) is 9.48. The van der Waals surface area contributed by atoms with E-state index in [0.717, 1.165) is 5.56 Å². The average Bonchev–Trinajstić information content (AvgIpc) is 2.59. The number of nitrogens with one attached hydrogen (secondary N) is 2. The minimum atomic E-state index is -3.62. The number of hydrogen-bond acceptors (Lipinski definition) is 4. The Kier molecular flexibility index (Phi) is 6.55. The monoisotopic (exact) mass is 362 g/mol. The third-order valence-electron chi connectivity index (χ3n) is 3.43. The Bertz CT molecular complexity index is 817. The lowest BCUT2D eigenvalue weighted by molar-refractivity contribution is 0.0954. The van der Waals surface area contributed by atoms with E-state index in [1.807, 2.05) is 19.9 Å². The number of hydrogen-bond donors (Lipinski definition) is 2. The lowest BCUT2D eigenvalue weighted by atomic mass is 10.1. The summed E-state index contributed by atoms with van der Waals surface area (Å²) in [5.41, 5.74) is 1.54. The summed E-state index contributed by atoms with van der Waals surface area (Å²) in [7, 11) is -3.62. The molecule has 2 rings (SSSR count). The number of rotatable bonds is 8. The molecule has 0 spiro atoms. The Morgan fingerprint density at radius 1 is 1.08 bits per heavy atom. The summed E-state index contributed by atoms with van der Waals surface area (Å²) in [6.07, 6.45) is 0. The molecule has 0 saturated carbocycles. The van der Waals surface area contributed by atoms with Crippen molar-refractivity contribution in [1.29, 1.82) is 0 Å². The summed E-state index contributed by atoms with van der Waals surface area (Å²) in [6.45, 7) is 4.58. The van der Waals surface area contributed by atoms with E-state index in [9.17, 15) is 13.2 Å². The molecule has 2 N–H and O–H groups in total. The van der Waals surface area contributed by atoms with E-state index in [0.29, 0.717) is 17.9 Å². The van der Waals surface area contributed by atoms with Crippen molar-refractivity contribution in [2.45, 2.75) is 18.7 Å². The van der Waals surface area contributed by atoms with Crippen LogP contribution in [0.4, 0.5) is 0 Å². The Morgan fingerprint density at radius 3 is 2.44 bits per heavy atom. The van der Waals surface area contributed by atoms with Gasteiger partial charge in [0.05, 0.1) is 11.5 Å². The highest BCUT2D eigenvalue weighted by Crippen LogP contribution is 2.15. The van der Waals surface area contributed by atoms with Gasteiger partial charge < -0.3 is 10.1 Å². The number of sulfonamides is 1. The molecule has 0 aliphatic heterocycles. The van der Waals surface area contributed by atoms with Crippen LogP contribution in [0.1, 0.15) is 22.8 Å². The van der Waals surface area contributed by atoms with Gasteiger partial charge in [-0.1, -0.05) is 17.7 Å². The summed E-state index contributed by atoms with van der Waals surface area (Å²) in [6, 6.07) is 13.4. The smallest absolute Gasteiger partial charge is 0.251 e. The van der Waals surface area contributed by atoms with Gasteiger partial charge in [-0.2, -0.15) is 0 Å². The van der Waals surface area contributed by atoms with E-state index >= 15 is 0 Å². The van der Waals surface area contributed by atoms with Gasteiger partial charge in [-0.05, 0) is 50.2 Å². The molecule has 0 heterocycles. The quantitative estimate of drug-likeness (QED) is 0.705. The van der Waals surface area contributed by atoms with Crippen molar-refractivity contribution in [2.75, 3.05) is 19.7 Å². The molecule has 1 amide bonds. The van der Waals surface area contributed by atoms with Crippen LogP contribution in [0.5, 0.6) is 5.75 Å². The number of aryl methyl sites for hydroxylation is 1. The Morgan fingerprint density at radius 2 is 1.80 bits per heavy atom. The fourth-order valence-electron chi connectivity index (χ4n) is 2.21. The first kappa shape index (κ1) is 19.0. The standard InChI is InChI=1S/C18H22N2O4S/c1-3-24-16-7-9-17(10-8-16)25(22,23)20-12-11-19-18(21)15-6-4-5-14(2)13-15/h4-10,13,20H,3,11-12H2,1-2H3,(H,19,21). The number of amides is 1. The molecule has 0 unspecified atom stereocenters. The maximum atomic E-state index is 12.2. The SMILES string of the molecule is CCOc1ccc(S(=O)(=O)NCCNC(=O)c2cccc(C)c2)cc1. The first-order chi connectivity index (χ1) is 11.9. The summed E-state index contributed by atoms with van der Waals surface area (Å²) in [4.78, 5) is 12.1. The van der Waals surface area contributed by atoms with Crippen LogP contribution in [0.2, 0.25) is 0 Å². The van der Waals surface area contributed by atoms with E-state index < -0.39 is 10.0 Å². The first-order valence-electron chi connectivity index (χ1n) is 8.00. The molecule has 0 aliphatic rings.